The first-order chi connectivity index (χ1) is 20.2. The van der Waals surface area contributed by atoms with Crippen molar-refractivity contribution in [3.63, 3.8) is 0 Å². The van der Waals surface area contributed by atoms with Crippen molar-refractivity contribution in [3.05, 3.63) is 102 Å². The van der Waals surface area contributed by atoms with Crippen LogP contribution < -0.4 is 0 Å². The molecular formula is C30H30O10S3. The predicted octanol–water partition coefficient (Wildman–Crippen LogP) is 3.55. The zero-order valence-corrected chi connectivity index (χ0v) is 25.8. The highest BCUT2D eigenvalue weighted by Crippen LogP contribution is 2.55. The Bertz CT molecular complexity index is 1840. The number of hydrogen-bond acceptors (Lipinski definition) is 10. The molecular weight excluding hydrogens is 617 g/mol. The lowest BCUT2D eigenvalue weighted by Gasteiger charge is -2.47. The second-order valence-electron chi connectivity index (χ2n) is 10.2. The largest absolute Gasteiger partial charge is 0.468 e. The minimum absolute atomic E-state index is 0.215. The fourth-order valence-electron chi connectivity index (χ4n) is 5.65. The topological polar surface area (TPSA) is 155 Å². The van der Waals surface area contributed by atoms with E-state index in [-0.39, 0.29) is 14.7 Å². The van der Waals surface area contributed by atoms with Crippen LogP contribution in [0.3, 0.4) is 0 Å². The van der Waals surface area contributed by atoms with Gasteiger partial charge in [0.25, 0.3) is 0 Å². The van der Waals surface area contributed by atoms with Gasteiger partial charge in [0.05, 0.1) is 39.1 Å². The summed E-state index contributed by atoms with van der Waals surface area (Å²) in [7, 11) is -12.2. The highest BCUT2D eigenvalue weighted by atomic mass is 32.2. The van der Waals surface area contributed by atoms with Gasteiger partial charge in [-0.3, -0.25) is 9.59 Å². The summed E-state index contributed by atoms with van der Waals surface area (Å²) in [6, 6.07) is 20.7. The van der Waals surface area contributed by atoms with E-state index in [4.69, 9.17) is 9.47 Å². The van der Waals surface area contributed by atoms with E-state index in [9.17, 15) is 34.8 Å². The van der Waals surface area contributed by atoms with E-state index in [0.29, 0.717) is 0 Å². The summed E-state index contributed by atoms with van der Waals surface area (Å²) < 4.78 is 93.0. The Hall–Kier alpha value is -3.81. The molecule has 0 radical (unpaired) electrons. The first kappa shape index (κ1) is 32.1. The molecule has 2 atom stereocenters. The van der Waals surface area contributed by atoms with E-state index >= 15 is 0 Å². The van der Waals surface area contributed by atoms with E-state index in [1.807, 2.05) is 0 Å². The SMILES string of the molecule is C=C(C1(S(=O)(=O)c2ccccc2)CC(S(=O)(=O)c2ccccc2)CC(C(=O)OC)(C(=O)OC)C1)S(=O)(=O)c1ccccc1. The average molecular weight is 647 g/mol. The van der Waals surface area contributed by atoms with E-state index in [1.54, 1.807) is 12.1 Å². The number of ether oxygens (including phenoxy) is 2. The van der Waals surface area contributed by atoms with Gasteiger partial charge in [-0.1, -0.05) is 61.2 Å². The molecule has 0 saturated heterocycles. The summed E-state index contributed by atoms with van der Waals surface area (Å²) in [4.78, 5) is 25.2. The van der Waals surface area contributed by atoms with Crippen molar-refractivity contribution in [2.45, 2.75) is 43.9 Å². The van der Waals surface area contributed by atoms with Gasteiger partial charge in [0.1, 0.15) is 4.75 Å². The fraction of sp³-hybridized carbons (Fsp3) is 0.267. The normalized spacial score (nSPS) is 20.5. The average Bonchev–Trinajstić information content (AvgIpc) is 3.04. The van der Waals surface area contributed by atoms with Crippen LogP contribution in [0.2, 0.25) is 0 Å². The lowest BCUT2D eigenvalue weighted by Crippen LogP contribution is -2.60. The van der Waals surface area contributed by atoms with Crippen LogP contribution in [0.15, 0.2) is 117 Å². The second-order valence-corrected chi connectivity index (χ2v) is 16.6. The molecule has 0 N–H and O–H groups in total. The number of rotatable bonds is 9. The standard InChI is InChI=1S/C30H30O10S3/c1-22(41(33,34)23-13-7-4-8-14-23)30(43(37,38)25-17-11-6-12-18-25)20-26(42(35,36)24-15-9-5-10-16-24)19-29(21-30,27(31)39-2)28(32)40-3/h4-18,26H,1,19-21H2,2-3H3. The number of carbonyl (C=O) groups is 2. The third-order valence-electron chi connectivity index (χ3n) is 7.84. The summed E-state index contributed by atoms with van der Waals surface area (Å²) in [5, 5.41) is -1.76. The van der Waals surface area contributed by atoms with Crippen LogP contribution in [0.4, 0.5) is 0 Å². The van der Waals surface area contributed by atoms with Crippen LogP contribution in [0.25, 0.3) is 0 Å². The van der Waals surface area contributed by atoms with Crippen molar-refractivity contribution in [1.29, 1.82) is 0 Å². The van der Waals surface area contributed by atoms with Crippen LogP contribution >= 0.6 is 0 Å². The maximum Gasteiger partial charge on any atom is 0.323 e. The van der Waals surface area contributed by atoms with Crippen molar-refractivity contribution < 1.29 is 44.3 Å². The van der Waals surface area contributed by atoms with Crippen LogP contribution in [-0.2, 0) is 48.6 Å². The van der Waals surface area contributed by atoms with Gasteiger partial charge < -0.3 is 9.47 Å². The number of sulfone groups is 3. The molecule has 0 spiro atoms. The third-order valence-corrected chi connectivity index (χ3v) is 14.5. The molecule has 2 unspecified atom stereocenters. The van der Waals surface area contributed by atoms with Crippen molar-refractivity contribution >= 4 is 41.5 Å². The predicted molar refractivity (Wildman–Crippen MR) is 157 cm³/mol. The molecule has 3 aromatic rings. The second kappa shape index (κ2) is 11.7. The van der Waals surface area contributed by atoms with Crippen molar-refractivity contribution in [3.8, 4) is 0 Å². The Morgan fingerprint density at radius 3 is 1.53 bits per heavy atom. The summed E-state index contributed by atoms with van der Waals surface area (Å²) in [5.41, 5.74) is -2.54. The van der Waals surface area contributed by atoms with Crippen LogP contribution in [0.5, 0.6) is 0 Å². The number of esters is 2. The molecule has 10 nitrogen and oxygen atoms in total. The Morgan fingerprint density at radius 1 is 0.674 bits per heavy atom. The van der Waals surface area contributed by atoms with Crippen LogP contribution in [0.1, 0.15) is 19.3 Å². The number of methoxy groups -OCH3 is 2. The van der Waals surface area contributed by atoms with Crippen molar-refractivity contribution in [2.75, 3.05) is 14.2 Å². The highest BCUT2D eigenvalue weighted by molar-refractivity contribution is 7.99. The highest BCUT2D eigenvalue weighted by Gasteiger charge is 2.67. The van der Waals surface area contributed by atoms with Gasteiger partial charge in [-0.2, -0.15) is 0 Å². The molecule has 1 aliphatic carbocycles. The molecule has 3 aromatic carbocycles. The zero-order chi connectivity index (χ0) is 31.7. The molecule has 0 heterocycles. The van der Waals surface area contributed by atoms with Crippen LogP contribution in [-0.4, -0.2) is 61.4 Å². The van der Waals surface area contributed by atoms with E-state index in [1.165, 1.54) is 78.9 Å². The van der Waals surface area contributed by atoms with Gasteiger partial charge in [0.15, 0.2) is 25.1 Å². The molecule has 0 amide bonds. The maximum atomic E-state index is 14.7. The monoisotopic (exact) mass is 646 g/mol. The lowest BCUT2D eigenvalue weighted by molar-refractivity contribution is -0.172. The minimum Gasteiger partial charge on any atom is -0.468 e. The molecule has 0 bridgehead atoms. The van der Waals surface area contributed by atoms with Gasteiger partial charge >= 0.3 is 11.9 Å². The Kier molecular flexibility index (Phi) is 8.74. The molecule has 43 heavy (non-hydrogen) atoms. The van der Waals surface area contributed by atoms with Crippen molar-refractivity contribution in [2.24, 2.45) is 5.41 Å². The Labute approximate surface area is 251 Å². The van der Waals surface area contributed by atoms with E-state index in [2.05, 4.69) is 6.58 Å². The molecule has 1 fully saturated rings. The molecule has 13 heteroatoms. The Balaban J connectivity index is 2.13. The van der Waals surface area contributed by atoms with Crippen molar-refractivity contribution in [1.82, 2.24) is 0 Å². The maximum absolute atomic E-state index is 14.7. The zero-order valence-electron chi connectivity index (χ0n) is 23.4. The third kappa shape index (κ3) is 5.30. The first-order valence-corrected chi connectivity index (χ1v) is 17.5. The summed E-state index contributed by atoms with van der Waals surface area (Å²) in [6.07, 6.45) is -2.56. The van der Waals surface area contributed by atoms with E-state index in [0.717, 1.165) is 14.2 Å². The molecule has 228 valence electrons. The van der Waals surface area contributed by atoms with Crippen LogP contribution in [0, 0.1) is 5.41 Å². The summed E-state index contributed by atoms with van der Waals surface area (Å²) in [6.45, 7) is 3.75. The van der Waals surface area contributed by atoms with Gasteiger partial charge in [-0.05, 0) is 55.7 Å². The molecule has 1 aliphatic rings. The van der Waals surface area contributed by atoms with Gasteiger partial charge in [0, 0.05) is 0 Å². The molecule has 0 aromatic heterocycles. The minimum atomic E-state index is -4.90. The summed E-state index contributed by atoms with van der Waals surface area (Å²) >= 11 is 0. The summed E-state index contributed by atoms with van der Waals surface area (Å²) in [5.74, 6) is -2.55. The fourth-order valence-corrected chi connectivity index (χ4v) is 11.9. The number of carbonyl (C=O) groups excluding carboxylic acids is 2. The smallest absolute Gasteiger partial charge is 0.323 e. The Morgan fingerprint density at radius 2 is 1.09 bits per heavy atom. The molecule has 4 rings (SSSR count). The van der Waals surface area contributed by atoms with Gasteiger partial charge in [-0.25, -0.2) is 25.3 Å². The van der Waals surface area contributed by atoms with E-state index < -0.39 is 81.0 Å². The number of benzene rings is 3. The number of hydrogen-bond donors (Lipinski definition) is 0. The van der Waals surface area contributed by atoms with Gasteiger partial charge in [-0.15, -0.1) is 0 Å². The molecule has 0 aliphatic heterocycles. The lowest BCUT2D eigenvalue weighted by atomic mass is 9.68. The quantitative estimate of drug-likeness (QED) is 0.249. The van der Waals surface area contributed by atoms with Gasteiger partial charge in [0.2, 0.25) is 9.84 Å². The first-order valence-electron chi connectivity index (χ1n) is 13.0. The molecule has 1 saturated carbocycles.